The van der Waals surface area contributed by atoms with Gasteiger partial charge in [0.15, 0.2) is 0 Å². The maximum Gasteiger partial charge on any atom is 0.142 e. The first kappa shape index (κ1) is 18.2. The molecule has 1 aromatic heterocycles. The molecule has 26 heavy (non-hydrogen) atoms. The fourth-order valence-corrected chi connectivity index (χ4v) is 2.91. The van der Waals surface area contributed by atoms with Crippen molar-refractivity contribution < 1.29 is 4.79 Å². The van der Waals surface area contributed by atoms with Crippen LogP contribution < -0.4 is 0 Å². The minimum absolute atomic E-state index is 0.322. The van der Waals surface area contributed by atoms with E-state index in [1.165, 1.54) is 6.08 Å². The molecule has 0 atom stereocenters. The molecule has 0 aliphatic carbocycles. The van der Waals surface area contributed by atoms with Crippen LogP contribution in [0.2, 0.25) is 0 Å². The number of nitrogens with one attached hydrogen (secondary N) is 1. The fraction of sp³-hybridized carbons (Fsp3) is 0.368. The van der Waals surface area contributed by atoms with E-state index < -0.39 is 0 Å². The lowest BCUT2D eigenvalue weighted by Crippen LogP contribution is -2.45. The number of carbonyl (C=O) groups excluding carboxylic acids is 1. The lowest BCUT2D eigenvalue weighted by Gasteiger charge is -2.32. The Labute approximate surface area is 153 Å². The van der Waals surface area contributed by atoms with Gasteiger partial charge < -0.3 is 4.90 Å². The highest BCUT2D eigenvalue weighted by Crippen LogP contribution is 2.18. The first-order valence-corrected chi connectivity index (χ1v) is 8.76. The third kappa shape index (κ3) is 4.71. The normalized spacial score (nSPS) is 20.9. The lowest BCUT2D eigenvalue weighted by molar-refractivity contribution is -0.104. The molecule has 0 radical (unpaired) electrons. The topological polar surface area (TPSA) is 77.6 Å². The number of hydrogen-bond acceptors (Lipinski definition) is 6. The minimum Gasteiger partial charge on any atom is -0.304 e. The summed E-state index contributed by atoms with van der Waals surface area (Å²) in [4.78, 5) is 19.4. The number of nitrogens with zero attached hydrogens (tertiary/aromatic N) is 5. The van der Waals surface area contributed by atoms with E-state index >= 15 is 0 Å². The molecule has 3 heterocycles. The van der Waals surface area contributed by atoms with Crippen LogP contribution in [0.15, 0.2) is 47.4 Å². The van der Waals surface area contributed by atoms with Crippen molar-refractivity contribution in [1.29, 1.82) is 5.41 Å². The molecule has 3 rings (SSSR count). The summed E-state index contributed by atoms with van der Waals surface area (Å²) in [6.07, 6.45) is 12.6. The smallest absolute Gasteiger partial charge is 0.142 e. The molecule has 2 aliphatic heterocycles. The first-order valence-electron chi connectivity index (χ1n) is 8.76. The third-order valence-electron chi connectivity index (χ3n) is 4.57. The number of allylic oxidation sites excluding steroid dienone is 5. The van der Waals surface area contributed by atoms with Crippen LogP contribution in [-0.2, 0) is 11.3 Å². The van der Waals surface area contributed by atoms with E-state index in [0.29, 0.717) is 17.7 Å². The maximum absolute atomic E-state index is 10.3. The van der Waals surface area contributed by atoms with Gasteiger partial charge in [0.25, 0.3) is 0 Å². The second kappa shape index (κ2) is 8.64. The highest BCUT2D eigenvalue weighted by molar-refractivity contribution is 6.24. The van der Waals surface area contributed by atoms with Gasteiger partial charge in [0.1, 0.15) is 6.29 Å². The summed E-state index contributed by atoms with van der Waals surface area (Å²) in [7, 11) is 2.16. The summed E-state index contributed by atoms with van der Waals surface area (Å²) in [5.41, 5.74) is 2.69. The summed E-state index contributed by atoms with van der Waals surface area (Å²) < 4.78 is 1.95. The Morgan fingerprint density at radius 3 is 2.73 bits per heavy atom. The summed E-state index contributed by atoms with van der Waals surface area (Å²) in [5.74, 6) is 0. The van der Waals surface area contributed by atoms with Crippen molar-refractivity contribution in [2.75, 3.05) is 39.8 Å². The largest absolute Gasteiger partial charge is 0.304 e. The standard InChI is InChI=1S/C19H24N6O/c1-23-5-7-24(8-6-23)9-10-25-15-17(14-22-25)16-12-18(20)19(21-13-16)4-2-3-11-26/h2-4,11-15,20H,5-10H2,1H3/b3-2?,19-4+,20-18?. The summed E-state index contributed by atoms with van der Waals surface area (Å²) in [6.45, 7) is 6.29. The minimum atomic E-state index is 0.322. The van der Waals surface area contributed by atoms with Crippen LogP contribution in [0.1, 0.15) is 5.56 Å². The number of piperazine rings is 1. The number of aldehydes is 1. The van der Waals surface area contributed by atoms with Gasteiger partial charge in [-0.3, -0.25) is 24.8 Å². The Balaban J connectivity index is 1.58. The predicted octanol–water partition coefficient (Wildman–Crippen LogP) is 1.26. The molecule has 1 aromatic rings. The first-order chi connectivity index (χ1) is 12.7. The van der Waals surface area contributed by atoms with Crippen LogP contribution >= 0.6 is 0 Å². The molecule has 2 aliphatic rings. The Bertz CT molecular complexity index is 778. The van der Waals surface area contributed by atoms with E-state index in [2.05, 4.69) is 26.9 Å². The second-order valence-corrected chi connectivity index (χ2v) is 6.48. The van der Waals surface area contributed by atoms with E-state index in [0.717, 1.165) is 50.4 Å². The zero-order valence-corrected chi connectivity index (χ0v) is 15.0. The molecule has 1 N–H and O–H groups in total. The number of aliphatic imine (C=N–C) groups is 1. The van der Waals surface area contributed by atoms with Crippen molar-refractivity contribution in [2.45, 2.75) is 6.54 Å². The molecule has 0 saturated carbocycles. The number of dihydropyridines is 1. The van der Waals surface area contributed by atoms with Crippen LogP contribution in [0, 0.1) is 5.41 Å². The number of carbonyl (C=O) groups is 1. The number of hydrogen-bond donors (Lipinski definition) is 1. The quantitative estimate of drug-likeness (QED) is 0.618. The summed E-state index contributed by atoms with van der Waals surface area (Å²) >= 11 is 0. The van der Waals surface area contributed by atoms with E-state index in [-0.39, 0.29) is 0 Å². The van der Waals surface area contributed by atoms with Crippen LogP contribution in [0.3, 0.4) is 0 Å². The molecule has 7 nitrogen and oxygen atoms in total. The Kier molecular flexibility index (Phi) is 6.04. The highest BCUT2D eigenvalue weighted by atomic mass is 16.1. The molecule has 1 fully saturated rings. The van der Waals surface area contributed by atoms with E-state index in [1.807, 2.05) is 17.1 Å². The third-order valence-corrected chi connectivity index (χ3v) is 4.57. The van der Waals surface area contributed by atoms with Crippen LogP contribution in [0.4, 0.5) is 0 Å². The SMILES string of the molecule is CN1CCN(CCn2cc(C3=CC(=N)/C(=C\C=CC=O)N=C3)cn2)CC1. The lowest BCUT2D eigenvalue weighted by atomic mass is 10.1. The van der Waals surface area contributed by atoms with Gasteiger partial charge in [-0.15, -0.1) is 0 Å². The molecule has 0 unspecified atom stereocenters. The monoisotopic (exact) mass is 352 g/mol. The van der Waals surface area contributed by atoms with Gasteiger partial charge in [-0.1, -0.05) is 6.08 Å². The second-order valence-electron chi connectivity index (χ2n) is 6.48. The molecule has 0 amide bonds. The predicted molar refractivity (Wildman–Crippen MR) is 104 cm³/mol. The van der Waals surface area contributed by atoms with Crippen LogP contribution in [-0.4, -0.2) is 77.6 Å². The molecule has 0 spiro atoms. The summed E-state index contributed by atoms with van der Waals surface area (Å²) in [6, 6.07) is 0. The van der Waals surface area contributed by atoms with Crippen LogP contribution in [0.25, 0.3) is 5.57 Å². The fourth-order valence-electron chi connectivity index (χ4n) is 2.91. The molecule has 0 aromatic carbocycles. The van der Waals surface area contributed by atoms with Crippen molar-refractivity contribution in [3.05, 3.63) is 48.0 Å². The molecule has 7 heteroatoms. The van der Waals surface area contributed by atoms with Crippen molar-refractivity contribution >= 4 is 23.8 Å². The number of likely N-dealkylation sites (N-methyl/N-ethyl adjacent to an activating group) is 1. The van der Waals surface area contributed by atoms with Gasteiger partial charge in [0.05, 0.1) is 24.2 Å². The molecular weight excluding hydrogens is 328 g/mol. The van der Waals surface area contributed by atoms with Gasteiger partial charge in [-0.05, 0) is 25.3 Å². The summed E-state index contributed by atoms with van der Waals surface area (Å²) in [5, 5.41) is 12.5. The highest BCUT2D eigenvalue weighted by Gasteiger charge is 2.14. The van der Waals surface area contributed by atoms with Crippen LogP contribution in [0.5, 0.6) is 0 Å². The van der Waals surface area contributed by atoms with Gasteiger partial charge in [-0.25, -0.2) is 0 Å². The van der Waals surface area contributed by atoms with Crippen molar-refractivity contribution in [1.82, 2.24) is 19.6 Å². The molecule has 136 valence electrons. The van der Waals surface area contributed by atoms with Crippen molar-refractivity contribution in [3.63, 3.8) is 0 Å². The molecule has 0 bridgehead atoms. The zero-order chi connectivity index (χ0) is 18.4. The Hall–Kier alpha value is -2.64. The average molecular weight is 352 g/mol. The van der Waals surface area contributed by atoms with Gasteiger partial charge >= 0.3 is 0 Å². The Morgan fingerprint density at radius 1 is 1.19 bits per heavy atom. The average Bonchev–Trinajstić information content (AvgIpc) is 3.12. The Morgan fingerprint density at radius 2 is 2.00 bits per heavy atom. The van der Waals surface area contributed by atoms with Crippen molar-refractivity contribution in [3.8, 4) is 0 Å². The van der Waals surface area contributed by atoms with E-state index in [4.69, 9.17) is 5.41 Å². The molecule has 1 saturated heterocycles. The van der Waals surface area contributed by atoms with E-state index in [9.17, 15) is 4.79 Å². The zero-order valence-electron chi connectivity index (χ0n) is 15.0. The van der Waals surface area contributed by atoms with Gasteiger partial charge in [0.2, 0.25) is 0 Å². The van der Waals surface area contributed by atoms with E-state index in [1.54, 1.807) is 24.4 Å². The van der Waals surface area contributed by atoms with Crippen molar-refractivity contribution in [2.24, 2.45) is 4.99 Å². The van der Waals surface area contributed by atoms with Gasteiger partial charge in [-0.2, -0.15) is 5.10 Å². The molecular formula is C19H24N6O. The van der Waals surface area contributed by atoms with Gasteiger partial charge in [0, 0.05) is 56.3 Å². The maximum atomic E-state index is 10.3. The number of aromatic nitrogens is 2. The number of rotatable bonds is 6.